The molecular weight excluding hydrogens is 454 g/mol. The number of benzene rings is 2. The molecule has 1 saturated heterocycles. The highest BCUT2D eigenvalue weighted by atomic mass is 35.5. The number of H-pyrrole nitrogens is 1. The van der Waals surface area contributed by atoms with Crippen LogP contribution < -0.4 is 4.74 Å². The van der Waals surface area contributed by atoms with Crippen molar-refractivity contribution in [3.05, 3.63) is 59.8 Å². The van der Waals surface area contributed by atoms with E-state index in [0.717, 1.165) is 41.9 Å². The Labute approximate surface area is 199 Å². The van der Waals surface area contributed by atoms with E-state index in [2.05, 4.69) is 20.1 Å². The third-order valence-corrected chi connectivity index (χ3v) is 6.22. The van der Waals surface area contributed by atoms with Crippen LogP contribution in [0, 0.1) is 6.92 Å². The summed E-state index contributed by atoms with van der Waals surface area (Å²) >= 11 is 6.69. The van der Waals surface area contributed by atoms with Crippen LogP contribution in [0.25, 0.3) is 33.3 Å². The minimum absolute atomic E-state index is 0.0683. The first kappa shape index (κ1) is 20.6. The average molecular weight is 474 g/mol. The molecule has 1 aliphatic rings. The zero-order valence-electron chi connectivity index (χ0n) is 18.3. The number of aryl methyl sites for hydroxylation is 1. The first-order chi connectivity index (χ1) is 16.5. The van der Waals surface area contributed by atoms with E-state index in [1.54, 1.807) is 29.3 Å². The number of aromatic amines is 1. The lowest BCUT2D eigenvalue weighted by Crippen LogP contribution is -2.43. The zero-order valence-corrected chi connectivity index (χ0v) is 19.1. The lowest BCUT2D eigenvalue weighted by atomic mass is 10.2. The van der Waals surface area contributed by atoms with Gasteiger partial charge in [-0.25, -0.2) is 9.97 Å². The molecule has 0 unspecified atom stereocenters. The van der Waals surface area contributed by atoms with E-state index >= 15 is 0 Å². The molecule has 5 aromatic rings. The van der Waals surface area contributed by atoms with Gasteiger partial charge < -0.3 is 14.6 Å². The molecule has 10 heteroatoms. The Kier molecular flexibility index (Phi) is 4.91. The normalized spacial score (nSPS) is 13.4. The summed E-state index contributed by atoms with van der Waals surface area (Å²) in [6, 6.07) is 9.22. The van der Waals surface area contributed by atoms with Crippen molar-refractivity contribution >= 4 is 39.6 Å². The van der Waals surface area contributed by atoms with Crippen molar-refractivity contribution in [3.8, 4) is 22.8 Å². The topological polar surface area (TPSA) is 102 Å². The highest BCUT2D eigenvalue weighted by Crippen LogP contribution is 2.35. The summed E-state index contributed by atoms with van der Waals surface area (Å²) < 4.78 is 7.68. The molecule has 0 bridgehead atoms. The number of carbonyl (C=O) groups is 1. The summed E-state index contributed by atoms with van der Waals surface area (Å²) in [6.07, 6.45) is 6.21. The Bertz CT molecular complexity index is 1550. The van der Waals surface area contributed by atoms with E-state index < -0.39 is 0 Å². The Balaban J connectivity index is 1.28. The Morgan fingerprint density at radius 3 is 2.82 bits per heavy atom. The highest BCUT2D eigenvalue weighted by Gasteiger charge is 2.21. The molecule has 0 radical (unpaired) electrons. The molecule has 3 aromatic heterocycles. The number of imidazole rings is 1. The number of ether oxygens (including phenoxy) is 1. The molecule has 4 heterocycles. The van der Waals surface area contributed by atoms with Crippen LogP contribution >= 0.6 is 11.6 Å². The van der Waals surface area contributed by atoms with E-state index in [4.69, 9.17) is 21.3 Å². The van der Waals surface area contributed by atoms with Crippen molar-refractivity contribution < 1.29 is 9.53 Å². The molecule has 9 nitrogen and oxygen atoms in total. The van der Waals surface area contributed by atoms with E-state index in [1.165, 1.54) is 0 Å². The van der Waals surface area contributed by atoms with E-state index in [1.807, 2.05) is 36.1 Å². The SMILES string of the molecule is Cc1nc2ccc(Oc3ccc4ncc(-c5cnn(CC(=O)N6CCC6)c5)nc4c3Cl)cc2[nH]1. The van der Waals surface area contributed by atoms with Crippen LogP contribution in [-0.2, 0) is 11.3 Å². The molecule has 0 spiro atoms. The predicted molar refractivity (Wildman–Crippen MR) is 128 cm³/mol. The van der Waals surface area contributed by atoms with Gasteiger partial charge in [-0.1, -0.05) is 11.6 Å². The van der Waals surface area contributed by atoms with Gasteiger partial charge in [0.1, 0.15) is 34.4 Å². The molecule has 2 aromatic carbocycles. The number of amides is 1. The number of nitrogens with one attached hydrogen (secondary N) is 1. The number of rotatable bonds is 5. The Hall–Kier alpha value is -3.98. The number of hydrogen-bond acceptors (Lipinski definition) is 6. The minimum atomic E-state index is 0.0683. The fourth-order valence-corrected chi connectivity index (χ4v) is 4.18. The van der Waals surface area contributed by atoms with Crippen LogP contribution in [0.5, 0.6) is 11.5 Å². The van der Waals surface area contributed by atoms with Crippen molar-refractivity contribution in [2.45, 2.75) is 19.9 Å². The van der Waals surface area contributed by atoms with Crippen LogP contribution in [0.3, 0.4) is 0 Å². The van der Waals surface area contributed by atoms with Gasteiger partial charge in [-0.15, -0.1) is 0 Å². The first-order valence-electron chi connectivity index (χ1n) is 10.9. The largest absolute Gasteiger partial charge is 0.456 e. The summed E-state index contributed by atoms with van der Waals surface area (Å²) in [4.78, 5) is 30.9. The third-order valence-electron chi connectivity index (χ3n) is 5.85. The number of fused-ring (bicyclic) bond motifs is 2. The maximum Gasteiger partial charge on any atom is 0.244 e. The number of aromatic nitrogens is 6. The number of hydrogen-bond donors (Lipinski definition) is 1. The second-order valence-corrected chi connectivity index (χ2v) is 8.64. The smallest absolute Gasteiger partial charge is 0.244 e. The van der Waals surface area contributed by atoms with Crippen LogP contribution in [0.1, 0.15) is 12.2 Å². The number of carbonyl (C=O) groups excluding carboxylic acids is 1. The molecular formula is C24H20ClN7O2. The number of nitrogens with zero attached hydrogens (tertiary/aromatic N) is 6. The van der Waals surface area contributed by atoms with Crippen molar-refractivity contribution in [3.63, 3.8) is 0 Å². The Morgan fingerprint density at radius 2 is 2.00 bits per heavy atom. The van der Waals surface area contributed by atoms with Crippen LogP contribution in [0.4, 0.5) is 0 Å². The molecule has 0 saturated carbocycles. The standard InChI is InChI=1S/C24H20ClN7O2/c1-14-28-17-4-3-16(9-19(17)29-14)34-21-6-5-18-24(23(21)25)30-20(11-26-18)15-10-27-32(12-15)13-22(33)31-7-2-8-31/h3-6,9-12H,2,7-8,13H2,1H3,(H,28,29). The minimum Gasteiger partial charge on any atom is -0.456 e. The molecule has 1 amide bonds. The summed E-state index contributed by atoms with van der Waals surface area (Å²) in [5, 5.41) is 4.68. The summed E-state index contributed by atoms with van der Waals surface area (Å²) in [7, 11) is 0. The third kappa shape index (κ3) is 3.73. The van der Waals surface area contributed by atoms with E-state index in [9.17, 15) is 4.79 Å². The molecule has 34 heavy (non-hydrogen) atoms. The van der Waals surface area contributed by atoms with Gasteiger partial charge in [0.05, 0.1) is 34.6 Å². The summed E-state index contributed by atoms with van der Waals surface area (Å²) in [6.45, 7) is 3.76. The fourth-order valence-electron chi connectivity index (χ4n) is 3.94. The van der Waals surface area contributed by atoms with Crippen LogP contribution in [-0.4, -0.2) is 53.6 Å². The highest BCUT2D eigenvalue weighted by molar-refractivity contribution is 6.36. The molecule has 0 atom stereocenters. The van der Waals surface area contributed by atoms with Crippen LogP contribution in [0.15, 0.2) is 48.9 Å². The van der Waals surface area contributed by atoms with Crippen molar-refractivity contribution in [1.82, 2.24) is 34.6 Å². The summed E-state index contributed by atoms with van der Waals surface area (Å²) in [5.74, 6) is 2.02. The van der Waals surface area contributed by atoms with Gasteiger partial charge in [0.15, 0.2) is 0 Å². The van der Waals surface area contributed by atoms with Gasteiger partial charge in [0, 0.05) is 30.9 Å². The first-order valence-corrected chi connectivity index (χ1v) is 11.3. The molecule has 6 rings (SSSR count). The molecule has 1 fully saturated rings. The second-order valence-electron chi connectivity index (χ2n) is 8.26. The van der Waals surface area contributed by atoms with Crippen molar-refractivity contribution in [2.75, 3.05) is 13.1 Å². The fraction of sp³-hybridized carbons (Fsp3) is 0.208. The monoisotopic (exact) mass is 473 g/mol. The van der Waals surface area contributed by atoms with Gasteiger partial charge in [0.2, 0.25) is 5.91 Å². The predicted octanol–water partition coefficient (Wildman–Crippen LogP) is 4.36. The van der Waals surface area contributed by atoms with E-state index in [0.29, 0.717) is 33.2 Å². The van der Waals surface area contributed by atoms with Gasteiger partial charge >= 0.3 is 0 Å². The van der Waals surface area contributed by atoms with Gasteiger partial charge in [-0.3, -0.25) is 14.5 Å². The molecule has 1 aliphatic heterocycles. The van der Waals surface area contributed by atoms with Gasteiger partial charge in [0.25, 0.3) is 0 Å². The quantitative estimate of drug-likeness (QED) is 0.407. The average Bonchev–Trinajstić information content (AvgIpc) is 3.39. The van der Waals surface area contributed by atoms with Crippen molar-refractivity contribution in [1.29, 1.82) is 0 Å². The van der Waals surface area contributed by atoms with Crippen LogP contribution in [0.2, 0.25) is 5.02 Å². The van der Waals surface area contributed by atoms with Gasteiger partial charge in [-0.05, 0) is 37.6 Å². The lowest BCUT2D eigenvalue weighted by molar-refractivity contribution is -0.135. The molecule has 170 valence electrons. The zero-order chi connectivity index (χ0) is 23.2. The van der Waals surface area contributed by atoms with Crippen molar-refractivity contribution in [2.24, 2.45) is 0 Å². The Morgan fingerprint density at radius 1 is 1.15 bits per heavy atom. The maximum absolute atomic E-state index is 12.2. The summed E-state index contributed by atoms with van der Waals surface area (Å²) in [5.41, 5.74) is 4.31. The van der Waals surface area contributed by atoms with E-state index in [-0.39, 0.29) is 12.5 Å². The van der Waals surface area contributed by atoms with Gasteiger partial charge in [-0.2, -0.15) is 5.10 Å². The second kappa shape index (κ2) is 8.11. The molecule has 0 aliphatic carbocycles. The lowest BCUT2D eigenvalue weighted by Gasteiger charge is -2.30. The maximum atomic E-state index is 12.2. The number of halogens is 1. The number of likely N-dealkylation sites (tertiary alicyclic amines) is 1. The molecule has 1 N–H and O–H groups in total.